The standard InChI is InChI=1S/C9H15N3O2/c1-7(5-10-2)6-12-4-3-8(13)11-9(12)14/h3-4,7,10H,5-6H2,1-2H3,(H,11,13,14). The Hall–Kier alpha value is -1.36. The van der Waals surface area contributed by atoms with Gasteiger partial charge in [0.1, 0.15) is 0 Å². The van der Waals surface area contributed by atoms with Crippen molar-refractivity contribution in [2.24, 2.45) is 5.92 Å². The lowest BCUT2D eigenvalue weighted by Crippen LogP contribution is -2.32. The Morgan fingerprint density at radius 3 is 2.86 bits per heavy atom. The second-order valence-corrected chi connectivity index (χ2v) is 3.43. The van der Waals surface area contributed by atoms with E-state index >= 15 is 0 Å². The van der Waals surface area contributed by atoms with Gasteiger partial charge >= 0.3 is 5.69 Å². The maximum Gasteiger partial charge on any atom is 0.328 e. The van der Waals surface area contributed by atoms with E-state index < -0.39 is 0 Å². The molecule has 0 aliphatic heterocycles. The molecule has 5 nitrogen and oxygen atoms in total. The van der Waals surface area contributed by atoms with E-state index in [1.54, 1.807) is 0 Å². The summed E-state index contributed by atoms with van der Waals surface area (Å²) in [5.74, 6) is 0.351. The lowest BCUT2D eigenvalue weighted by atomic mass is 10.2. The first-order valence-electron chi connectivity index (χ1n) is 4.58. The van der Waals surface area contributed by atoms with Crippen LogP contribution >= 0.6 is 0 Å². The molecule has 0 aliphatic rings. The van der Waals surface area contributed by atoms with Gasteiger partial charge in [0.25, 0.3) is 5.56 Å². The third-order valence-electron chi connectivity index (χ3n) is 1.96. The molecule has 0 radical (unpaired) electrons. The van der Waals surface area contributed by atoms with Gasteiger partial charge in [-0.25, -0.2) is 4.79 Å². The van der Waals surface area contributed by atoms with Crippen LogP contribution in [0.1, 0.15) is 6.92 Å². The van der Waals surface area contributed by atoms with Crippen LogP contribution in [-0.4, -0.2) is 23.1 Å². The maximum absolute atomic E-state index is 11.3. The van der Waals surface area contributed by atoms with Crippen molar-refractivity contribution in [1.29, 1.82) is 0 Å². The molecule has 14 heavy (non-hydrogen) atoms. The molecule has 2 N–H and O–H groups in total. The van der Waals surface area contributed by atoms with Crippen LogP contribution in [0, 0.1) is 5.92 Å². The van der Waals surface area contributed by atoms with E-state index in [1.165, 1.54) is 16.8 Å². The van der Waals surface area contributed by atoms with Crippen LogP contribution < -0.4 is 16.6 Å². The summed E-state index contributed by atoms with van der Waals surface area (Å²) in [5, 5.41) is 3.03. The topological polar surface area (TPSA) is 66.9 Å². The third-order valence-corrected chi connectivity index (χ3v) is 1.96. The minimum absolute atomic E-state index is 0.347. The lowest BCUT2D eigenvalue weighted by molar-refractivity contribution is 0.449. The molecule has 1 unspecified atom stereocenters. The van der Waals surface area contributed by atoms with Gasteiger partial charge < -0.3 is 9.88 Å². The number of rotatable bonds is 4. The number of nitrogens with zero attached hydrogens (tertiary/aromatic N) is 1. The first kappa shape index (κ1) is 10.7. The Kier molecular flexibility index (Phi) is 3.64. The number of aromatic nitrogens is 2. The highest BCUT2D eigenvalue weighted by Gasteiger charge is 2.03. The van der Waals surface area contributed by atoms with E-state index in [9.17, 15) is 9.59 Å². The van der Waals surface area contributed by atoms with Gasteiger partial charge in [0, 0.05) is 18.8 Å². The van der Waals surface area contributed by atoms with Crippen molar-refractivity contribution in [2.75, 3.05) is 13.6 Å². The van der Waals surface area contributed by atoms with E-state index in [0.29, 0.717) is 12.5 Å². The van der Waals surface area contributed by atoms with Crippen molar-refractivity contribution >= 4 is 0 Å². The zero-order valence-electron chi connectivity index (χ0n) is 8.41. The van der Waals surface area contributed by atoms with Crippen LogP contribution in [-0.2, 0) is 6.54 Å². The van der Waals surface area contributed by atoms with Gasteiger partial charge in [0.15, 0.2) is 0 Å². The molecule has 78 valence electrons. The fraction of sp³-hybridized carbons (Fsp3) is 0.556. The summed E-state index contributed by atoms with van der Waals surface area (Å²) < 4.78 is 1.50. The highest BCUT2D eigenvalue weighted by atomic mass is 16.2. The molecule has 0 bridgehead atoms. The SMILES string of the molecule is CNCC(C)Cn1ccc(=O)[nH]c1=O. The quantitative estimate of drug-likeness (QED) is 0.677. The predicted octanol–water partition coefficient (Wildman–Crippen LogP) is -0.608. The Bertz CT molecular complexity index is 394. The van der Waals surface area contributed by atoms with Crippen molar-refractivity contribution in [2.45, 2.75) is 13.5 Å². The summed E-state index contributed by atoms with van der Waals surface area (Å²) in [5.41, 5.74) is -0.701. The Balaban J connectivity index is 2.77. The molecule has 0 fully saturated rings. The average molecular weight is 197 g/mol. The minimum Gasteiger partial charge on any atom is -0.319 e. The van der Waals surface area contributed by atoms with Crippen LogP contribution in [0.15, 0.2) is 21.9 Å². The van der Waals surface area contributed by atoms with Crippen molar-refractivity contribution < 1.29 is 0 Å². The average Bonchev–Trinajstić information content (AvgIpc) is 2.10. The zero-order chi connectivity index (χ0) is 10.6. The van der Waals surface area contributed by atoms with E-state index in [1.807, 2.05) is 14.0 Å². The number of hydrogen-bond acceptors (Lipinski definition) is 3. The molecule has 1 atom stereocenters. The summed E-state index contributed by atoms with van der Waals surface area (Å²) in [6, 6.07) is 1.35. The number of hydrogen-bond donors (Lipinski definition) is 2. The monoisotopic (exact) mass is 197 g/mol. The largest absolute Gasteiger partial charge is 0.328 e. The zero-order valence-corrected chi connectivity index (χ0v) is 8.41. The molecule has 1 rings (SSSR count). The second-order valence-electron chi connectivity index (χ2n) is 3.43. The molecule has 0 spiro atoms. The molecule has 0 aliphatic carbocycles. The first-order chi connectivity index (χ1) is 6.63. The molecular formula is C9H15N3O2. The third kappa shape index (κ3) is 2.85. The van der Waals surface area contributed by atoms with Crippen molar-refractivity contribution in [3.63, 3.8) is 0 Å². The highest BCUT2D eigenvalue weighted by Crippen LogP contribution is 1.94. The maximum atomic E-state index is 11.3. The molecule has 1 aromatic rings. The highest BCUT2D eigenvalue weighted by molar-refractivity contribution is 4.82. The molecule has 1 aromatic heterocycles. The fourth-order valence-corrected chi connectivity index (χ4v) is 1.34. The Labute approximate surface area is 81.8 Å². The van der Waals surface area contributed by atoms with Crippen molar-refractivity contribution in [3.8, 4) is 0 Å². The fourth-order valence-electron chi connectivity index (χ4n) is 1.34. The molecular weight excluding hydrogens is 182 g/mol. The van der Waals surface area contributed by atoms with Crippen molar-refractivity contribution in [3.05, 3.63) is 33.1 Å². The summed E-state index contributed by atoms with van der Waals surface area (Å²) in [6.07, 6.45) is 1.52. The van der Waals surface area contributed by atoms with Gasteiger partial charge in [-0.2, -0.15) is 0 Å². The van der Waals surface area contributed by atoms with Crippen LogP contribution in [0.3, 0.4) is 0 Å². The van der Waals surface area contributed by atoms with Gasteiger partial charge in [0.2, 0.25) is 0 Å². The van der Waals surface area contributed by atoms with Crippen LogP contribution in [0.25, 0.3) is 0 Å². The Morgan fingerprint density at radius 2 is 2.29 bits per heavy atom. The van der Waals surface area contributed by atoms with E-state index in [-0.39, 0.29) is 11.2 Å². The first-order valence-corrected chi connectivity index (χ1v) is 4.58. The molecule has 5 heteroatoms. The number of nitrogens with one attached hydrogen (secondary N) is 2. The van der Waals surface area contributed by atoms with Gasteiger partial charge in [-0.1, -0.05) is 6.92 Å². The van der Waals surface area contributed by atoms with Crippen LogP contribution in [0.5, 0.6) is 0 Å². The van der Waals surface area contributed by atoms with Gasteiger partial charge in [-0.15, -0.1) is 0 Å². The van der Waals surface area contributed by atoms with Gasteiger partial charge in [-0.05, 0) is 19.5 Å². The number of H-pyrrole nitrogens is 1. The molecule has 0 amide bonds. The summed E-state index contributed by atoms with van der Waals surface area (Å²) >= 11 is 0. The van der Waals surface area contributed by atoms with Gasteiger partial charge in [0.05, 0.1) is 0 Å². The summed E-state index contributed by atoms with van der Waals surface area (Å²) in [6.45, 7) is 3.48. The van der Waals surface area contributed by atoms with Gasteiger partial charge in [-0.3, -0.25) is 9.78 Å². The summed E-state index contributed by atoms with van der Waals surface area (Å²) in [4.78, 5) is 24.3. The van der Waals surface area contributed by atoms with Crippen LogP contribution in [0.4, 0.5) is 0 Å². The lowest BCUT2D eigenvalue weighted by Gasteiger charge is -2.11. The van der Waals surface area contributed by atoms with E-state index in [2.05, 4.69) is 10.3 Å². The Morgan fingerprint density at radius 1 is 1.57 bits per heavy atom. The minimum atomic E-state index is -0.354. The van der Waals surface area contributed by atoms with Crippen LogP contribution in [0.2, 0.25) is 0 Å². The number of aromatic amines is 1. The van der Waals surface area contributed by atoms with E-state index in [4.69, 9.17) is 0 Å². The van der Waals surface area contributed by atoms with Crippen molar-refractivity contribution in [1.82, 2.24) is 14.9 Å². The predicted molar refractivity (Wildman–Crippen MR) is 54.4 cm³/mol. The normalized spacial score (nSPS) is 12.7. The molecule has 1 heterocycles. The molecule has 0 aromatic carbocycles. The summed E-state index contributed by atoms with van der Waals surface area (Å²) in [7, 11) is 1.87. The molecule has 0 saturated carbocycles. The molecule has 0 saturated heterocycles. The second kappa shape index (κ2) is 4.76. The van der Waals surface area contributed by atoms with E-state index in [0.717, 1.165) is 6.54 Å². The smallest absolute Gasteiger partial charge is 0.319 e.